The minimum atomic E-state index is -1.13. The third kappa shape index (κ3) is 7.01. The summed E-state index contributed by atoms with van der Waals surface area (Å²) in [4.78, 5) is 23.6. The van der Waals surface area contributed by atoms with Crippen molar-refractivity contribution in [3.8, 4) is 17.2 Å². The Kier molecular flexibility index (Phi) is 8.40. The van der Waals surface area contributed by atoms with Crippen LogP contribution in [0.5, 0.6) is 17.2 Å². The zero-order chi connectivity index (χ0) is 26.9. The monoisotopic (exact) mass is 514 g/mol. The van der Waals surface area contributed by atoms with E-state index in [1.54, 1.807) is 56.5 Å². The highest BCUT2D eigenvalue weighted by Crippen LogP contribution is 2.20. The van der Waals surface area contributed by atoms with Gasteiger partial charge in [-0.25, -0.2) is 10.2 Å². The SMILES string of the molecule is COc1cccc(OCc2cccc(C(=O)N/N=C(/C)c3ccc(OCc4ccc(C(=O)O)o4)cc3)c2)c1. The maximum Gasteiger partial charge on any atom is 0.371 e. The Morgan fingerprint density at radius 1 is 0.842 bits per heavy atom. The zero-order valence-corrected chi connectivity index (χ0v) is 20.8. The van der Waals surface area contributed by atoms with Gasteiger partial charge in [0.15, 0.2) is 0 Å². The number of rotatable bonds is 11. The molecule has 194 valence electrons. The van der Waals surface area contributed by atoms with E-state index in [0.717, 1.165) is 11.1 Å². The molecule has 0 radical (unpaired) electrons. The predicted octanol–water partition coefficient (Wildman–Crippen LogP) is 5.30. The second kappa shape index (κ2) is 12.3. The number of carbonyl (C=O) groups is 2. The molecule has 4 aromatic rings. The van der Waals surface area contributed by atoms with Gasteiger partial charge in [-0.15, -0.1) is 0 Å². The summed E-state index contributed by atoms with van der Waals surface area (Å²) in [6.45, 7) is 2.18. The van der Waals surface area contributed by atoms with E-state index in [0.29, 0.717) is 40.9 Å². The molecule has 2 N–H and O–H groups in total. The highest BCUT2D eigenvalue weighted by Gasteiger charge is 2.10. The van der Waals surface area contributed by atoms with E-state index in [1.807, 2.05) is 36.4 Å². The van der Waals surface area contributed by atoms with Crippen molar-refractivity contribution in [2.75, 3.05) is 7.11 Å². The summed E-state index contributed by atoms with van der Waals surface area (Å²) in [5, 5.41) is 13.1. The largest absolute Gasteiger partial charge is 0.497 e. The second-order valence-electron chi connectivity index (χ2n) is 8.19. The first-order valence-corrected chi connectivity index (χ1v) is 11.7. The lowest BCUT2D eigenvalue weighted by Crippen LogP contribution is -2.19. The molecular weight excluding hydrogens is 488 g/mol. The van der Waals surface area contributed by atoms with Crippen LogP contribution in [0.4, 0.5) is 0 Å². The Labute approximate surface area is 219 Å². The molecule has 4 rings (SSSR count). The van der Waals surface area contributed by atoms with Crippen molar-refractivity contribution >= 4 is 17.6 Å². The lowest BCUT2D eigenvalue weighted by Gasteiger charge is -2.09. The fraction of sp³-hybridized carbons (Fsp3) is 0.138. The lowest BCUT2D eigenvalue weighted by atomic mass is 10.1. The van der Waals surface area contributed by atoms with Gasteiger partial charge in [0, 0.05) is 11.6 Å². The third-order valence-electron chi connectivity index (χ3n) is 5.49. The Morgan fingerprint density at radius 2 is 1.58 bits per heavy atom. The third-order valence-corrected chi connectivity index (χ3v) is 5.49. The fourth-order valence-corrected chi connectivity index (χ4v) is 3.44. The Balaban J connectivity index is 1.30. The fourth-order valence-electron chi connectivity index (χ4n) is 3.44. The van der Waals surface area contributed by atoms with Crippen molar-refractivity contribution < 1.29 is 33.3 Å². The van der Waals surface area contributed by atoms with E-state index in [2.05, 4.69) is 10.5 Å². The van der Waals surface area contributed by atoms with Crippen LogP contribution in [-0.2, 0) is 13.2 Å². The second-order valence-corrected chi connectivity index (χ2v) is 8.19. The van der Waals surface area contributed by atoms with Gasteiger partial charge in [-0.1, -0.05) is 18.2 Å². The first-order valence-electron chi connectivity index (χ1n) is 11.7. The van der Waals surface area contributed by atoms with E-state index in [-0.39, 0.29) is 18.3 Å². The number of carboxylic acids is 1. The van der Waals surface area contributed by atoms with Crippen molar-refractivity contribution in [3.63, 3.8) is 0 Å². The summed E-state index contributed by atoms with van der Waals surface area (Å²) in [5.41, 5.74) is 5.29. The molecule has 0 aliphatic heterocycles. The Hall–Kier alpha value is -5.05. The molecule has 0 bridgehead atoms. The van der Waals surface area contributed by atoms with E-state index in [9.17, 15) is 9.59 Å². The van der Waals surface area contributed by atoms with Gasteiger partial charge in [0.1, 0.15) is 36.2 Å². The maximum absolute atomic E-state index is 12.7. The minimum Gasteiger partial charge on any atom is -0.497 e. The molecule has 0 atom stereocenters. The number of hydrogen-bond donors (Lipinski definition) is 2. The van der Waals surface area contributed by atoms with E-state index < -0.39 is 5.97 Å². The van der Waals surface area contributed by atoms with Gasteiger partial charge >= 0.3 is 5.97 Å². The molecular formula is C29H26N2O7. The van der Waals surface area contributed by atoms with Crippen LogP contribution in [0.25, 0.3) is 0 Å². The number of methoxy groups -OCH3 is 1. The van der Waals surface area contributed by atoms with Crippen LogP contribution in [0.1, 0.15) is 44.7 Å². The number of hydrazone groups is 1. The molecule has 1 aromatic heterocycles. The molecule has 38 heavy (non-hydrogen) atoms. The van der Waals surface area contributed by atoms with Gasteiger partial charge in [0.25, 0.3) is 5.91 Å². The summed E-state index contributed by atoms with van der Waals surface area (Å²) >= 11 is 0. The first kappa shape index (κ1) is 26.0. The van der Waals surface area contributed by atoms with Crippen molar-refractivity contribution in [3.05, 3.63) is 113 Å². The molecule has 9 heteroatoms. The molecule has 9 nitrogen and oxygen atoms in total. The van der Waals surface area contributed by atoms with Crippen LogP contribution in [0, 0.1) is 0 Å². The molecule has 0 fully saturated rings. The summed E-state index contributed by atoms with van der Waals surface area (Å²) in [6.07, 6.45) is 0. The van der Waals surface area contributed by atoms with Gasteiger partial charge in [-0.05, 0) is 78.7 Å². The number of ether oxygens (including phenoxy) is 3. The number of hydrogen-bond acceptors (Lipinski definition) is 7. The first-order chi connectivity index (χ1) is 18.4. The quantitative estimate of drug-likeness (QED) is 0.206. The molecule has 1 amide bonds. The molecule has 0 unspecified atom stereocenters. The summed E-state index contributed by atoms with van der Waals surface area (Å²) in [6, 6.07) is 24.5. The summed E-state index contributed by atoms with van der Waals surface area (Å²) in [5.74, 6) is 0.747. The number of nitrogens with one attached hydrogen (secondary N) is 1. The van der Waals surface area contributed by atoms with Crippen LogP contribution in [0.3, 0.4) is 0 Å². The number of furan rings is 1. The highest BCUT2D eigenvalue weighted by molar-refractivity contribution is 6.01. The van der Waals surface area contributed by atoms with Gasteiger partial charge in [0.2, 0.25) is 5.76 Å². The molecule has 0 aliphatic carbocycles. The number of amides is 1. The molecule has 0 aliphatic rings. The molecule has 0 spiro atoms. The topological polar surface area (TPSA) is 120 Å². The van der Waals surface area contributed by atoms with Gasteiger partial charge in [-0.2, -0.15) is 5.10 Å². The van der Waals surface area contributed by atoms with E-state index >= 15 is 0 Å². The van der Waals surface area contributed by atoms with Crippen LogP contribution in [0.15, 0.2) is 94.4 Å². The maximum atomic E-state index is 12.7. The number of nitrogens with zero attached hydrogens (tertiary/aromatic N) is 1. The summed E-state index contributed by atoms with van der Waals surface area (Å²) in [7, 11) is 1.60. The van der Waals surface area contributed by atoms with Gasteiger partial charge in [-0.3, -0.25) is 4.79 Å². The van der Waals surface area contributed by atoms with Gasteiger partial charge in [0.05, 0.1) is 12.8 Å². The van der Waals surface area contributed by atoms with Crippen LogP contribution < -0.4 is 19.6 Å². The van der Waals surface area contributed by atoms with Crippen molar-refractivity contribution in [2.24, 2.45) is 5.10 Å². The van der Waals surface area contributed by atoms with Crippen LogP contribution in [-0.4, -0.2) is 29.8 Å². The average molecular weight is 515 g/mol. The number of carboxylic acid groups (broad SMARTS) is 1. The van der Waals surface area contributed by atoms with Crippen molar-refractivity contribution in [2.45, 2.75) is 20.1 Å². The number of aromatic carboxylic acids is 1. The van der Waals surface area contributed by atoms with Crippen LogP contribution >= 0.6 is 0 Å². The van der Waals surface area contributed by atoms with E-state index in [1.165, 1.54) is 6.07 Å². The zero-order valence-electron chi connectivity index (χ0n) is 20.8. The summed E-state index contributed by atoms with van der Waals surface area (Å²) < 4.78 is 21.8. The molecule has 3 aromatic carbocycles. The average Bonchev–Trinajstić information content (AvgIpc) is 3.44. The molecule has 1 heterocycles. The number of carbonyl (C=O) groups excluding carboxylic acids is 1. The Morgan fingerprint density at radius 3 is 2.32 bits per heavy atom. The number of benzene rings is 3. The van der Waals surface area contributed by atoms with Crippen molar-refractivity contribution in [1.82, 2.24) is 5.43 Å². The van der Waals surface area contributed by atoms with Gasteiger partial charge < -0.3 is 23.7 Å². The normalized spacial score (nSPS) is 11.1. The highest BCUT2D eigenvalue weighted by atomic mass is 16.5. The molecule has 0 saturated carbocycles. The molecule has 0 saturated heterocycles. The van der Waals surface area contributed by atoms with Crippen LogP contribution in [0.2, 0.25) is 0 Å². The minimum absolute atomic E-state index is 0.0966. The standard InChI is InChI=1S/C29H26N2O7/c1-19(21-9-11-23(12-10-21)37-18-26-13-14-27(38-26)29(33)34)30-31-28(32)22-6-3-5-20(15-22)17-36-25-8-4-7-24(16-25)35-2/h3-16H,17-18H2,1-2H3,(H,31,32)(H,33,34)/b30-19-. The smallest absolute Gasteiger partial charge is 0.371 e. The predicted molar refractivity (Wildman–Crippen MR) is 140 cm³/mol. The lowest BCUT2D eigenvalue weighted by molar-refractivity contribution is 0.0658. The van der Waals surface area contributed by atoms with Crippen molar-refractivity contribution in [1.29, 1.82) is 0 Å². The Bertz CT molecular complexity index is 1440. The van der Waals surface area contributed by atoms with E-state index in [4.69, 9.17) is 23.7 Å².